The maximum Gasteiger partial charge on any atom is 0.127 e. The second kappa shape index (κ2) is 4.83. The van der Waals surface area contributed by atoms with Gasteiger partial charge in [-0.3, -0.25) is 0 Å². The number of allylic oxidation sites excluding steroid dienone is 4. The zero-order valence-electron chi connectivity index (χ0n) is 9.07. The summed E-state index contributed by atoms with van der Waals surface area (Å²) in [5.74, 6) is 0.997. The maximum absolute atomic E-state index is 5.72. The summed E-state index contributed by atoms with van der Waals surface area (Å²) in [5, 5.41) is 0. The first-order valence-electron chi connectivity index (χ1n) is 5.50. The molecule has 0 heterocycles. The lowest BCUT2D eigenvalue weighted by molar-refractivity contribution is 0.316. The molecule has 1 nitrogen and oxygen atoms in total. The topological polar surface area (TPSA) is 9.23 Å². The third kappa shape index (κ3) is 2.30. The third-order valence-electron chi connectivity index (χ3n) is 2.43. The molecule has 1 aromatic carbocycles. The first-order valence-corrected chi connectivity index (χ1v) is 5.50. The van der Waals surface area contributed by atoms with Crippen LogP contribution in [0.3, 0.4) is 0 Å². The number of hydrogen-bond acceptors (Lipinski definition) is 1. The van der Waals surface area contributed by atoms with Gasteiger partial charge in [-0.25, -0.2) is 0 Å². The summed E-state index contributed by atoms with van der Waals surface area (Å²) in [4.78, 5) is 0. The fraction of sp³-hybridized carbons (Fsp3) is 0.286. The molecule has 78 valence electrons. The fourth-order valence-electron chi connectivity index (χ4n) is 1.70. The maximum atomic E-state index is 5.72. The molecular weight excluding hydrogens is 184 g/mol. The van der Waals surface area contributed by atoms with Crippen LogP contribution in [0.1, 0.15) is 25.3 Å². The lowest BCUT2D eigenvalue weighted by atomic mass is 10.1. The van der Waals surface area contributed by atoms with Crippen molar-refractivity contribution in [1.29, 1.82) is 0 Å². The summed E-state index contributed by atoms with van der Waals surface area (Å²) in [6.45, 7) is 2.91. The van der Waals surface area contributed by atoms with E-state index in [1.165, 1.54) is 11.1 Å². The highest BCUT2D eigenvalue weighted by Gasteiger charge is 2.07. The number of benzene rings is 1. The Kier molecular flexibility index (Phi) is 3.23. The van der Waals surface area contributed by atoms with E-state index in [-0.39, 0.29) is 0 Å². The molecule has 1 aromatic rings. The van der Waals surface area contributed by atoms with E-state index >= 15 is 0 Å². The van der Waals surface area contributed by atoms with E-state index in [9.17, 15) is 0 Å². The molecule has 0 bridgehead atoms. The summed E-state index contributed by atoms with van der Waals surface area (Å²) in [6.07, 6.45) is 8.65. The molecule has 2 rings (SSSR count). The quantitative estimate of drug-likeness (QED) is 0.718. The summed E-state index contributed by atoms with van der Waals surface area (Å²) < 4.78 is 5.72. The Morgan fingerprint density at radius 1 is 1.27 bits per heavy atom. The highest BCUT2D eigenvalue weighted by atomic mass is 16.5. The van der Waals surface area contributed by atoms with Crippen LogP contribution in [0.4, 0.5) is 0 Å². The average Bonchev–Trinajstić information content (AvgIpc) is 2.80. The highest BCUT2D eigenvalue weighted by molar-refractivity contribution is 5.79. The van der Waals surface area contributed by atoms with Crippen LogP contribution in [0.5, 0.6) is 5.75 Å². The normalized spacial score (nSPS) is 14.1. The van der Waals surface area contributed by atoms with Crippen LogP contribution in [-0.4, -0.2) is 6.61 Å². The Labute approximate surface area is 91.1 Å². The molecule has 1 aliphatic carbocycles. The number of rotatable bonds is 4. The molecule has 0 atom stereocenters. The Balaban J connectivity index is 2.25. The molecule has 15 heavy (non-hydrogen) atoms. The first kappa shape index (κ1) is 10.0. The van der Waals surface area contributed by atoms with Gasteiger partial charge in [-0.2, -0.15) is 0 Å². The molecule has 0 saturated heterocycles. The molecule has 0 saturated carbocycles. The Morgan fingerprint density at radius 3 is 2.87 bits per heavy atom. The predicted molar refractivity (Wildman–Crippen MR) is 64.0 cm³/mol. The zero-order chi connectivity index (χ0) is 10.5. The van der Waals surface area contributed by atoms with Crippen LogP contribution < -0.4 is 4.74 Å². The number of hydrogen-bond donors (Lipinski definition) is 0. The molecule has 1 heteroatoms. The van der Waals surface area contributed by atoms with Crippen LogP contribution in [0.25, 0.3) is 5.57 Å². The van der Waals surface area contributed by atoms with Gasteiger partial charge in [-0.05, 0) is 24.5 Å². The van der Waals surface area contributed by atoms with Crippen molar-refractivity contribution in [1.82, 2.24) is 0 Å². The van der Waals surface area contributed by atoms with Crippen molar-refractivity contribution in [2.45, 2.75) is 19.8 Å². The van der Waals surface area contributed by atoms with Gasteiger partial charge in [-0.1, -0.05) is 43.4 Å². The van der Waals surface area contributed by atoms with Crippen LogP contribution in [-0.2, 0) is 0 Å². The predicted octanol–water partition coefficient (Wildman–Crippen LogP) is 3.82. The summed E-state index contributed by atoms with van der Waals surface area (Å²) in [7, 11) is 0. The summed E-state index contributed by atoms with van der Waals surface area (Å²) in [5.41, 5.74) is 2.49. The molecule has 0 unspecified atom stereocenters. The van der Waals surface area contributed by atoms with E-state index in [1.54, 1.807) is 0 Å². The van der Waals surface area contributed by atoms with Gasteiger partial charge in [-0.15, -0.1) is 0 Å². The van der Waals surface area contributed by atoms with E-state index < -0.39 is 0 Å². The van der Waals surface area contributed by atoms with Crippen molar-refractivity contribution in [3.63, 3.8) is 0 Å². The van der Waals surface area contributed by atoms with Crippen molar-refractivity contribution in [2.75, 3.05) is 6.61 Å². The highest BCUT2D eigenvalue weighted by Crippen LogP contribution is 2.29. The van der Waals surface area contributed by atoms with Gasteiger partial charge in [0.1, 0.15) is 5.75 Å². The molecular formula is C14H16O. The fourth-order valence-corrected chi connectivity index (χ4v) is 1.70. The Bertz CT molecular complexity index is 388. The third-order valence-corrected chi connectivity index (χ3v) is 2.43. The van der Waals surface area contributed by atoms with Gasteiger partial charge >= 0.3 is 0 Å². The molecule has 0 radical (unpaired) electrons. The smallest absolute Gasteiger partial charge is 0.127 e. The van der Waals surface area contributed by atoms with Gasteiger partial charge in [0.15, 0.2) is 0 Å². The van der Waals surface area contributed by atoms with E-state index in [0.29, 0.717) is 0 Å². The second-order valence-electron chi connectivity index (χ2n) is 3.64. The van der Waals surface area contributed by atoms with Crippen LogP contribution >= 0.6 is 0 Å². The monoisotopic (exact) mass is 200 g/mol. The van der Waals surface area contributed by atoms with Gasteiger partial charge in [0.25, 0.3) is 0 Å². The Hall–Kier alpha value is -1.50. The molecule has 0 amide bonds. The summed E-state index contributed by atoms with van der Waals surface area (Å²) in [6, 6.07) is 8.24. The van der Waals surface area contributed by atoms with Gasteiger partial charge in [0.05, 0.1) is 6.61 Å². The van der Waals surface area contributed by atoms with E-state index in [4.69, 9.17) is 4.74 Å². The summed E-state index contributed by atoms with van der Waals surface area (Å²) >= 11 is 0. The van der Waals surface area contributed by atoms with E-state index in [0.717, 1.165) is 25.2 Å². The van der Waals surface area contributed by atoms with Crippen molar-refractivity contribution in [2.24, 2.45) is 0 Å². The average molecular weight is 200 g/mol. The Morgan fingerprint density at radius 2 is 2.13 bits per heavy atom. The number of para-hydroxylation sites is 1. The van der Waals surface area contributed by atoms with Crippen LogP contribution in [0, 0.1) is 0 Å². The zero-order valence-corrected chi connectivity index (χ0v) is 9.07. The largest absolute Gasteiger partial charge is 0.493 e. The lowest BCUT2D eigenvalue weighted by Crippen LogP contribution is -1.97. The number of ether oxygens (including phenoxy) is 1. The van der Waals surface area contributed by atoms with Crippen LogP contribution in [0.15, 0.2) is 42.5 Å². The molecule has 0 aliphatic heterocycles. The van der Waals surface area contributed by atoms with Gasteiger partial charge < -0.3 is 4.74 Å². The molecule has 1 aliphatic rings. The molecule has 0 aromatic heterocycles. The van der Waals surface area contributed by atoms with E-state index in [2.05, 4.69) is 37.3 Å². The van der Waals surface area contributed by atoms with E-state index in [1.807, 2.05) is 12.1 Å². The van der Waals surface area contributed by atoms with Crippen molar-refractivity contribution >= 4 is 5.57 Å². The van der Waals surface area contributed by atoms with Crippen molar-refractivity contribution in [3.8, 4) is 5.75 Å². The van der Waals surface area contributed by atoms with Gasteiger partial charge in [0, 0.05) is 5.56 Å². The molecule has 0 fully saturated rings. The lowest BCUT2D eigenvalue weighted by Gasteiger charge is -2.10. The SMILES string of the molecule is CCCOc1ccccc1C1=CCC=C1. The molecule has 0 N–H and O–H groups in total. The minimum atomic E-state index is 0.786. The standard InChI is InChI=1S/C14H16O/c1-2-11-15-14-10-6-5-9-13(14)12-7-3-4-8-12/h3,5-10H,2,4,11H2,1H3. The van der Waals surface area contributed by atoms with Gasteiger partial charge in [0.2, 0.25) is 0 Å². The van der Waals surface area contributed by atoms with Crippen LogP contribution in [0.2, 0.25) is 0 Å². The minimum absolute atomic E-state index is 0.786. The van der Waals surface area contributed by atoms with Crippen molar-refractivity contribution < 1.29 is 4.74 Å². The van der Waals surface area contributed by atoms with Crippen molar-refractivity contribution in [3.05, 3.63) is 48.1 Å². The molecule has 0 spiro atoms. The second-order valence-corrected chi connectivity index (χ2v) is 3.64. The first-order chi connectivity index (χ1) is 7.42. The minimum Gasteiger partial charge on any atom is -0.493 e.